The van der Waals surface area contributed by atoms with Crippen molar-refractivity contribution < 1.29 is 9.90 Å². The molecule has 0 bridgehead atoms. The molecular weight excluding hydrogens is 312 g/mol. The summed E-state index contributed by atoms with van der Waals surface area (Å²) in [7, 11) is 0. The summed E-state index contributed by atoms with van der Waals surface area (Å²) in [6, 6.07) is 13.9. The van der Waals surface area contributed by atoms with Gasteiger partial charge in [0.15, 0.2) is 0 Å². The molecule has 128 valence electrons. The Morgan fingerprint density at radius 1 is 1.28 bits per heavy atom. The number of amides is 1. The van der Waals surface area contributed by atoms with E-state index in [1.54, 1.807) is 0 Å². The van der Waals surface area contributed by atoms with Gasteiger partial charge in [-0.2, -0.15) is 0 Å². The molecule has 0 spiro atoms. The number of H-pyrrole nitrogens is 1. The van der Waals surface area contributed by atoms with Gasteiger partial charge < -0.3 is 15.4 Å². The molecule has 25 heavy (non-hydrogen) atoms. The molecular formula is C21H22N2O2. The fourth-order valence-corrected chi connectivity index (χ4v) is 3.74. The first-order chi connectivity index (χ1) is 12.1. The zero-order valence-corrected chi connectivity index (χ0v) is 14.3. The summed E-state index contributed by atoms with van der Waals surface area (Å²) in [6.45, 7) is 2.07. The molecule has 0 radical (unpaired) electrons. The molecule has 0 saturated heterocycles. The Labute approximate surface area is 146 Å². The van der Waals surface area contributed by atoms with Gasteiger partial charge in [0, 0.05) is 29.9 Å². The number of hydrogen-bond acceptors (Lipinski definition) is 2. The van der Waals surface area contributed by atoms with E-state index in [-0.39, 0.29) is 11.9 Å². The number of carbonyl (C=O) groups excluding carboxylic acids is 1. The zero-order valence-electron chi connectivity index (χ0n) is 14.3. The van der Waals surface area contributed by atoms with Crippen molar-refractivity contribution in [3.63, 3.8) is 0 Å². The Bertz CT molecular complexity index is 929. The summed E-state index contributed by atoms with van der Waals surface area (Å²) in [5, 5.41) is 14.5. The van der Waals surface area contributed by atoms with Crippen molar-refractivity contribution in [2.75, 3.05) is 0 Å². The number of aliphatic hydroxyl groups is 1. The molecule has 1 amide bonds. The fraction of sp³-hybridized carbons (Fsp3) is 0.286. The second kappa shape index (κ2) is 6.37. The molecule has 0 saturated carbocycles. The van der Waals surface area contributed by atoms with Gasteiger partial charge in [-0.15, -0.1) is 0 Å². The molecule has 3 aromatic rings. The molecule has 2 aromatic carbocycles. The highest BCUT2D eigenvalue weighted by Crippen LogP contribution is 2.31. The van der Waals surface area contributed by atoms with Crippen LogP contribution in [0.4, 0.5) is 0 Å². The summed E-state index contributed by atoms with van der Waals surface area (Å²) in [5.41, 5.74) is 5.62. The maximum absolute atomic E-state index is 12.4. The van der Waals surface area contributed by atoms with Crippen LogP contribution in [0.25, 0.3) is 10.9 Å². The highest BCUT2D eigenvalue weighted by Gasteiger charge is 2.31. The van der Waals surface area contributed by atoms with Gasteiger partial charge in [-0.05, 0) is 42.2 Å². The predicted molar refractivity (Wildman–Crippen MR) is 98.4 cm³/mol. The number of fused-ring (bicyclic) bond motifs is 2. The number of aliphatic hydroxyl groups excluding tert-OH is 1. The van der Waals surface area contributed by atoms with Crippen LogP contribution in [-0.2, 0) is 17.6 Å². The third-order valence-corrected chi connectivity index (χ3v) is 5.06. The highest BCUT2D eigenvalue weighted by molar-refractivity contribution is 5.85. The molecule has 4 rings (SSSR count). The Balaban J connectivity index is 1.43. The molecule has 0 aliphatic heterocycles. The minimum Gasteiger partial charge on any atom is -0.390 e. The summed E-state index contributed by atoms with van der Waals surface area (Å²) in [5.74, 6) is -0.0252. The van der Waals surface area contributed by atoms with Crippen LogP contribution in [0.2, 0.25) is 0 Å². The summed E-state index contributed by atoms with van der Waals surface area (Å²) >= 11 is 0. The highest BCUT2D eigenvalue weighted by atomic mass is 16.3. The van der Waals surface area contributed by atoms with E-state index in [2.05, 4.69) is 35.4 Å². The van der Waals surface area contributed by atoms with Gasteiger partial charge in [0.25, 0.3) is 0 Å². The lowest BCUT2D eigenvalue weighted by Crippen LogP contribution is -2.33. The smallest absolute Gasteiger partial charge is 0.220 e. The van der Waals surface area contributed by atoms with Gasteiger partial charge in [0.05, 0.1) is 12.1 Å². The van der Waals surface area contributed by atoms with Gasteiger partial charge >= 0.3 is 0 Å². The topological polar surface area (TPSA) is 65.1 Å². The van der Waals surface area contributed by atoms with Gasteiger partial charge in [-0.1, -0.05) is 35.9 Å². The normalized spacial score (nSPS) is 19.1. The van der Waals surface area contributed by atoms with Crippen LogP contribution in [0.15, 0.2) is 48.7 Å². The molecule has 1 aliphatic carbocycles. The van der Waals surface area contributed by atoms with Gasteiger partial charge in [0.1, 0.15) is 0 Å². The number of aromatic nitrogens is 1. The summed E-state index contributed by atoms with van der Waals surface area (Å²) in [4.78, 5) is 15.7. The van der Waals surface area contributed by atoms with Gasteiger partial charge in [-0.25, -0.2) is 0 Å². The Morgan fingerprint density at radius 2 is 2.12 bits per heavy atom. The van der Waals surface area contributed by atoms with Crippen molar-refractivity contribution in [1.82, 2.24) is 10.3 Å². The first-order valence-corrected chi connectivity index (χ1v) is 8.73. The van der Waals surface area contributed by atoms with Crippen LogP contribution in [0.5, 0.6) is 0 Å². The number of carbonyl (C=O) groups is 1. The van der Waals surface area contributed by atoms with E-state index in [1.165, 1.54) is 10.9 Å². The first-order valence-electron chi connectivity index (χ1n) is 8.73. The van der Waals surface area contributed by atoms with Crippen LogP contribution in [0.1, 0.15) is 34.7 Å². The van der Waals surface area contributed by atoms with E-state index in [4.69, 9.17) is 0 Å². The zero-order chi connectivity index (χ0) is 17.4. The fourth-order valence-electron chi connectivity index (χ4n) is 3.74. The molecule has 1 heterocycles. The van der Waals surface area contributed by atoms with Crippen LogP contribution < -0.4 is 5.32 Å². The summed E-state index contributed by atoms with van der Waals surface area (Å²) < 4.78 is 0. The maximum atomic E-state index is 12.4. The van der Waals surface area contributed by atoms with Gasteiger partial charge in [0.2, 0.25) is 5.91 Å². The first kappa shape index (κ1) is 15.9. The van der Waals surface area contributed by atoms with E-state index in [9.17, 15) is 9.90 Å². The van der Waals surface area contributed by atoms with Crippen molar-refractivity contribution in [2.45, 2.75) is 38.3 Å². The Morgan fingerprint density at radius 3 is 3.00 bits per heavy atom. The largest absolute Gasteiger partial charge is 0.390 e. The summed E-state index contributed by atoms with van der Waals surface area (Å²) in [6.07, 6.45) is 3.13. The van der Waals surface area contributed by atoms with E-state index >= 15 is 0 Å². The maximum Gasteiger partial charge on any atom is 0.220 e. The minimum absolute atomic E-state index is 0.0252. The van der Waals surface area contributed by atoms with Crippen molar-refractivity contribution in [3.8, 4) is 0 Å². The number of hydrogen-bond donors (Lipinski definition) is 3. The monoisotopic (exact) mass is 334 g/mol. The lowest BCUT2D eigenvalue weighted by Gasteiger charge is -2.18. The molecule has 0 fully saturated rings. The van der Waals surface area contributed by atoms with Crippen molar-refractivity contribution in [1.29, 1.82) is 0 Å². The second-order valence-corrected chi connectivity index (χ2v) is 6.88. The SMILES string of the molecule is Cc1ccc2[nH]cc(CCC(=O)NC3c4ccccc4CC3O)c2c1. The molecule has 1 aliphatic rings. The standard InChI is InChI=1S/C21H22N2O2/c1-13-6-8-18-17(10-13)15(12-22-18)7-9-20(25)23-21-16-5-3-2-4-14(16)11-19(21)24/h2-6,8,10,12,19,21-22,24H,7,9,11H2,1H3,(H,23,25). The van der Waals surface area contributed by atoms with E-state index < -0.39 is 6.10 Å². The number of rotatable bonds is 4. The van der Waals surface area contributed by atoms with E-state index in [0.717, 1.165) is 22.2 Å². The second-order valence-electron chi connectivity index (χ2n) is 6.88. The number of nitrogens with one attached hydrogen (secondary N) is 2. The number of aryl methyl sites for hydroxylation is 2. The molecule has 2 unspecified atom stereocenters. The van der Waals surface area contributed by atoms with Crippen LogP contribution >= 0.6 is 0 Å². The minimum atomic E-state index is -0.544. The van der Waals surface area contributed by atoms with E-state index in [1.807, 2.05) is 30.5 Å². The quantitative estimate of drug-likeness (QED) is 0.686. The molecule has 3 N–H and O–H groups in total. The third-order valence-electron chi connectivity index (χ3n) is 5.06. The lowest BCUT2D eigenvalue weighted by molar-refractivity contribution is -0.122. The molecule has 4 heteroatoms. The average Bonchev–Trinajstić information content (AvgIpc) is 3.14. The Hall–Kier alpha value is -2.59. The van der Waals surface area contributed by atoms with Crippen molar-refractivity contribution in [3.05, 3.63) is 70.9 Å². The number of benzene rings is 2. The predicted octanol–water partition coefficient (Wildman–Crippen LogP) is 3.18. The average molecular weight is 334 g/mol. The molecule has 1 aromatic heterocycles. The van der Waals surface area contributed by atoms with Crippen LogP contribution in [-0.4, -0.2) is 22.1 Å². The van der Waals surface area contributed by atoms with Crippen molar-refractivity contribution in [2.24, 2.45) is 0 Å². The van der Waals surface area contributed by atoms with Crippen LogP contribution in [0.3, 0.4) is 0 Å². The van der Waals surface area contributed by atoms with Crippen molar-refractivity contribution >= 4 is 16.8 Å². The van der Waals surface area contributed by atoms with Crippen LogP contribution in [0, 0.1) is 6.92 Å². The molecule has 2 atom stereocenters. The molecule has 4 nitrogen and oxygen atoms in total. The third kappa shape index (κ3) is 3.05. The van der Waals surface area contributed by atoms with Gasteiger partial charge in [-0.3, -0.25) is 4.79 Å². The number of aromatic amines is 1. The Kier molecular flexibility index (Phi) is 4.06. The van der Waals surface area contributed by atoms with E-state index in [0.29, 0.717) is 19.3 Å². The lowest BCUT2D eigenvalue weighted by atomic mass is 10.1.